The molecule has 0 aromatic carbocycles. The standard InChI is InChI=1S/C5H14N2O3/c1-5(6,7)4(10)3(9)2-8/h3-4,8-10H,2,6-7H2,1H3. The van der Waals surface area contributed by atoms with Crippen molar-refractivity contribution in [1.29, 1.82) is 0 Å². The van der Waals surface area contributed by atoms with E-state index < -0.39 is 24.5 Å². The molecular formula is C5H14N2O3. The van der Waals surface area contributed by atoms with Crippen molar-refractivity contribution in [2.75, 3.05) is 6.61 Å². The van der Waals surface area contributed by atoms with Gasteiger partial charge in [-0.05, 0) is 6.92 Å². The quantitative estimate of drug-likeness (QED) is 0.282. The van der Waals surface area contributed by atoms with E-state index in [2.05, 4.69) is 0 Å². The summed E-state index contributed by atoms with van der Waals surface area (Å²) in [6.45, 7) is 0.807. The lowest BCUT2D eigenvalue weighted by Gasteiger charge is -2.28. The van der Waals surface area contributed by atoms with Crippen LogP contribution in [-0.4, -0.2) is 39.8 Å². The molecule has 0 amide bonds. The third kappa shape index (κ3) is 2.59. The Labute approximate surface area is 59.3 Å². The fourth-order valence-corrected chi connectivity index (χ4v) is 0.514. The van der Waals surface area contributed by atoms with Crippen LogP contribution >= 0.6 is 0 Å². The highest BCUT2D eigenvalue weighted by Gasteiger charge is 2.29. The van der Waals surface area contributed by atoms with Crippen LogP contribution in [0.5, 0.6) is 0 Å². The second-order valence-electron chi connectivity index (χ2n) is 2.56. The molecule has 0 aromatic heterocycles. The summed E-state index contributed by atoms with van der Waals surface area (Å²) in [5.41, 5.74) is 9.05. The van der Waals surface area contributed by atoms with Gasteiger partial charge in [0.05, 0.1) is 12.3 Å². The molecule has 62 valence electrons. The second kappa shape index (κ2) is 3.27. The van der Waals surface area contributed by atoms with Gasteiger partial charge in [0.2, 0.25) is 0 Å². The first-order valence-corrected chi connectivity index (χ1v) is 2.94. The van der Waals surface area contributed by atoms with Gasteiger partial charge in [0.25, 0.3) is 0 Å². The van der Waals surface area contributed by atoms with Gasteiger partial charge < -0.3 is 26.8 Å². The van der Waals surface area contributed by atoms with Gasteiger partial charge >= 0.3 is 0 Å². The van der Waals surface area contributed by atoms with Gasteiger partial charge in [0.15, 0.2) is 0 Å². The molecule has 0 heterocycles. The highest BCUT2D eigenvalue weighted by molar-refractivity contribution is 4.85. The summed E-state index contributed by atoms with van der Waals surface area (Å²) in [7, 11) is 0. The third-order valence-electron chi connectivity index (χ3n) is 1.19. The highest BCUT2D eigenvalue weighted by Crippen LogP contribution is 2.02. The minimum Gasteiger partial charge on any atom is -0.394 e. The van der Waals surface area contributed by atoms with Crippen LogP contribution < -0.4 is 11.5 Å². The van der Waals surface area contributed by atoms with Gasteiger partial charge in [-0.15, -0.1) is 0 Å². The second-order valence-corrected chi connectivity index (χ2v) is 2.56. The average molecular weight is 150 g/mol. The van der Waals surface area contributed by atoms with Crippen molar-refractivity contribution in [1.82, 2.24) is 0 Å². The van der Waals surface area contributed by atoms with Crippen molar-refractivity contribution in [3.05, 3.63) is 0 Å². The molecule has 5 nitrogen and oxygen atoms in total. The monoisotopic (exact) mass is 150 g/mol. The Morgan fingerprint density at radius 1 is 1.40 bits per heavy atom. The van der Waals surface area contributed by atoms with Crippen LogP contribution in [0.1, 0.15) is 6.92 Å². The van der Waals surface area contributed by atoms with Gasteiger partial charge in [-0.25, -0.2) is 0 Å². The van der Waals surface area contributed by atoms with Crippen molar-refractivity contribution >= 4 is 0 Å². The highest BCUT2D eigenvalue weighted by atomic mass is 16.4. The average Bonchev–Trinajstić information content (AvgIpc) is 1.83. The van der Waals surface area contributed by atoms with E-state index in [1.54, 1.807) is 0 Å². The zero-order valence-corrected chi connectivity index (χ0v) is 5.86. The van der Waals surface area contributed by atoms with Crippen LogP contribution in [0.2, 0.25) is 0 Å². The fourth-order valence-electron chi connectivity index (χ4n) is 0.514. The molecule has 0 spiro atoms. The summed E-state index contributed by atoms with van der Waals surface area (Å²) in [4.78, 5) is 0. The zero-order chi connectivity index (χ0) is 8.36. The molecule has 0 saturated heterocycles. The molecule has 0 aliphatic rings. The fraction of sp³-hybridized carbons (Fsp3) is 1.00. The molecule has 0 aliphatic heterocycles. The maximum atomic E-state index is 8.99. The van der Waals surface area contributed by atoms with E-state index in [-0.39, 0.29) is 0 Å². The van der Waals surface area contributed by atoms with Gasteiger partial charge in [-0.2, -0.15) is 0 Å². The minimum atomic E-state index is -1.37. The van der Waals surface area contributed by atoms with Gasteiger partial charge in [-0.1, -0.05) is 0 Å². The first-order valence-electron chi connectivity index (χ1n) is 2.94. The molecule has 0 radical (unpaired) electrons. The SMILES string of the molecule is CC(N)(N)C(O)C(O)CO. The first kappa shape index (κ1) is 9.80. The predicted molar refractivity (Wildman–Crippen MR) is 35.9 cm³/mol. The Morgan fingerprint density at radius 2 is 1.80 bits per heavy atom. The largest absolute Gasteiger partial charge is 0.394 e. The number of aliphatic hydroxyl groups is 3. The Balaban J connectivity index is 3.94. The van der Waals surface area contributed by atoms with Gasteiger partial charge in [-0.3, -0.25) is 0 Å². The van der Waals surface area contributed by atoms with Crippen molar-refractivity contribution in [2.24, 2.45) is 11.5 Å². The molecule has 0 bridgehead atoms. The molecule has 2 atom stereocenters. The summed E-state index contributed by atoms with van der Waals surface area (Å²) in [5.74, 6) is 0. The number of nitrogens with two attached hydrogens (primary N) is 2. The Bertz CT molecular complexity index is 102. The lowest BCUT2D eigenvalue weighted by Crippen LogP contribution is -2.60. The predicted octanol–water partition coefficient (Wildman–Crippen LogP) is -2.67. The summed E-state index contributed by atoms with van der Waals surface area (Å²) >= 11 is 0. The normalized spacial score (nSPS) is 18.6. The summed E-state index contributed by atoms with van der Waals surface area (Å²) < 4.78 is 0. The van der Waals surface area contributed by atoms with Crippen molar-refractivity contribution in [2.45, 2.75) is 24.8 Å². The van der Waals surface area contributed by atoms with Crippen LogP contribution in [0, 0.1) is 0 Å². The van der Waals surface area contributed by atoms with E-state index in [4.69, 9.17) is 26.8 Å². The van der Waals surface area contributed by atoms with Gasteiger partial charge in [0, 0.05) is 0 Å². The van der Waals surface area contributed by atoms with Crippen molar-refractivity contribution < 1.29 is 15.3 Å². The summed E-state index contributed by atoms with van der Waals surface area (Å²) in [6.07, 6.45) is -2.59. The van der Waals surface area contributed by atoms with Gasteiger partial charge in [0.1, 0.15) is 12.2 Å². The minimum absolute atomic E-state index is 0.550. The summed E-state index contributed by atoms with van der Waals surface area (Å²) in [6, 6.07) is 0. The van der Waals surface area contributed by atoms with Crippen LogP contribution in [0.25, 0.3) is 0 Å². The maximum Gasteiger partial charge on any atom is 0.113 e. The van der Waals surface area contributed by atoms with Crippen LogP contribution in [0.4, 0.5) is 0 Å². The Hall–Kier alpha value is -0.200. The Morgan fingerprint density at radius 3 is 1.90 bits per heavy atom. The molecule has 0 aliphatic carbocycles. The van der Waals surface area contributed by atoms with Crippen LogP contribution in [-0.2, 0) is 0 Å². The molecule has 7 N–H and O–H groups in total. The molecule has 0 fully saturated rings. The van der Waals surface area contributed by atoms with E-state index in [0.717, 1.165) is 0 Å². The van der Waals surface area contributed by atoms with Crippen LogP contribution in [0.3, 0.4) is 0 Å². The topological polar surface area (TPSA) is 113 Å². The molecule has 0 saturated carbocycles. The van der Waals surface area contributed by atoms with Crippen LogP contribution in [0.15, 0.2) is 0 Å². The maximum absolute atomic E-state index is 8.99. The molecule has 10 heavy (non-hydrogen) atoms. The molecule has 0 rings (SSSR count). The lowest BCUT2D eigenvalue weighted by molar-refractivity contribution is -0.0470. The molecule has 0 aromatic rings. The van der Waals surface area contributed by atoms with E-state index >= 15 is 0 Å². The number of hydrogen-bond acceptors (Lipinski definition) is 5. The molecule has 2 unspecified atom stereocenters. The Kier molecular flexibility index (Phi) is 3.20. The molecule has 5 heteroatoms. The van der Waals surface area contributed by atoms with Crippen molar-refractivity contribution in [3.63, 3.8) is 0 Å². The van der Waals surface area contributed by atoms with Crippen molar-refractivity contribution in [3.8, 4) is 0 Å². The smallest absolute Gasteiger partial charge is 0.113 e. The zero-order valence-electron chi connectivity index (χ0n) is 5.86. The van der Waals surface area contributed by atoms with E-state index in [0.29, 0.717) is 0 Å². The first-order chi connectivity index (χ1) is 4.39. The molecular weight excluding hydrogens is 136 g/mol. The number of aliphatic hydroxyl groups excluding tert-OH is 3. The lowest BCUT2D eigenvalue weighted by atomic mass is 10.0. The van der Waals surface area contributed by atoms with E-state index in [1.165, 1.54) is 6.92 Å². The number of hydrogen-bond donors (Lipinski definition) is 5. The van der Waals surface area contributed by atoms with E-state index in [1.807, 2.05) is 0 Å². The number of rotatable bonds is 3. The third-order valence-corrected chi connectivity index (χ3v) is 1.19. The van der Waals surface area contributed by atoms with E-state index in [9.17, 15) is 0 Å². The summed E-state index contributed by atoms with van der Waals surface area (Å²) in [5, 5.41) is 26.1.